The third kappa shape index (κ3) is 3.98. The molecule has 0 amide bonds. The van der Waals surface area contributed by atoms with Crippen molar-refractivity contribution in [1.29, 1.82) is 0 Å². The van der Waals surface area contributed by atoms with Gasteiger partial charge in [-0.25, -0.2) is 0 Å². The topological polar surface area (TPSA) is 15.3 Å². The minimum absolute atomic E-state index is 0.452. The minimum atomic E-state index is 0.452. The van der Waals surface area contributed by atoms with Gasteiger partial charge in [-0.2, -0.15) is 0 Å². The highest BCUT2D eigenvalue weighted by atomic mass is 15.1. The van der Waals surface area contributed by atoms with Gasteiger partial charge in [0.05, 0.1) is 0 Å². The Kier molecular flexibility index (Phi) is 5.92. The fourth-order valence-electron chi connectivity index (χ4n) is 4.21. The number of nitrogens with one attached hydrogen (secondary N) is 1. The van der Waals surface area contributed by atoms with Gasteiger partial charge in [0.25, 0.3) is 0 Å². The molecule has 0 saturated carbocycles. The molecule has 1 atom stereocenters. The summed E-state index contributed by atoms with van der Waals surface area (Å²) in [6.45, 7) is 13.4. The molecule has 2 heteroatoms. The van der Waals surface area contributed by atoms with Crippen LogP contribution in [0, 0.1) is 11.8 Å². The zero-order chi connectivity index (χ0) is 14.6. The molecular weight excluding hydrogens is 244 g/mol. The van der Waals surface area contributed by atoms with Crippen LogP contribution in [0.25, 0.3) is 0 Å². The minimum Gasteiger partial charge on any atom is -0.311 e. The molecule has 2 aliphatic heterocycles. The van der Waals surface area contributed by atoms with Crippen molar-refractivity contribution in [3.63, 3.8) is 0 Å². The van der Waals surface area contributed by atoms with Gasteiger partial charge in [-0.3, -0.25) is 0 Å². The van der Waals surface area contributed by atoms with E-state index in [9.17, 15) is 0 Å². The maximum absolute atomic E-state index is 3.89. The molecule has 0 bridgehead atoms. The Morgan fingerprint density at radius 3 is 2.30 bits per heavy atom. The molecule has 0 spiro atoms. The number of nitrogens with zero attached hydrogens (tertiary/aromatic N) is 1. The number of hydrogen-bond donors (Lipinski definition) is 1. The summed E-state index contributed by atoms with van der Waals surface area (Å²) in [7, 11) is 0. The Labute approximate surface area is 126 Å². The summed E-state index contributed by atoms with van der Waals surface area (Å²) >= 11 is 0. The van der Waals surface area contributed by atoms with Crippen molar-refractivity contribution in [2.24, 2.45) is 11.8 Å². The van der Waals surface area contributed by atoms with Crippen molar-refractivity contribution < 1.29 is 0 Å². The van der Waals surface area contributed by atoms with E-state index in [4.69, 9.17) is 0 Å². The SMILES string of the molecule is CC(C)N1CCC(CCC2(C(C)C)CCCCN2)CC1. The number of piperidine rings is 2. The molecule has 2 aliphatic rings. The highest BCUT2D eigenvalue weighted by Gasteiger charge is 2.35. The second-order valence-corrected chi connectivity index (χ2v) is 7.81. The highest BCUT2D eigenvalue weighted by molar-refractivity contribution is 4.94. The van der Waals surface area contributed by atoms with Crippen LogP contribution in [-0.4, -0.2) is 36.1 Å². The third-order valence-electron chi connectivity index (χ3n) is 6.01. The Morgan fingerprint density at radius 2 is 1.80 bits per heavy atom. The Hall–Kier alpha value is -0.0800. The molecule has 0 aromatic carbocycles. The molecule has 0 aromatic rings. The van der Waals surface area contributed by atoms with Crippen LogP contribution < -0.4 is 5.32 Å². The summed E-state index contributed by atoms with van der Waals surface area (Å²) in [5.74, 6) is 1.75. The molecule has 2 saturated heterocycles. The molecule has 0 aliphatic carbocycles. The highest BCUT2D eigenvalue weighted by Crippen LogP contribution is 2.34. The van der Waals surface area contributed by atoms with Crippen LogP contribution in [0.2, 0.25) is 0 Å². The van der Waals surface area contributed by atoms with Crippen molar-refractivity contribution in [2.45, 2.75) is 84.2 Å². The van der Waals surface area contributed by atoms with E-state index in [-0.39, 0.29) is 0 Å². The van der Waals surface area contributed by atoms with E-state index in [1.807, 2.05) is 0 Å². The Bertz CT molecular complexity index is 271. The van der Waals surface area contributed by atoms with Crippen LogP contribution >= 0.6 is 0 Å². The van der Waals surface area contributed by atoms with E-state index in [0.29, 0.717) is 5.54 Å². The smallest absolute Gasteiger partial charge is 0.0204 e. The fraction of sp³-hybridized carbons (Fsp3) is 1.00. The van der Waals surface area contributed by atoms with Crippen LogP contribution in [0.4, 0.5) is 0 Å². The summed E-state index contributed by atoms with van der Waals surface area (Å²) < 4.78 is 0. The van der Waals surface area contributed by atoms with E-state index in [0.717, 1.165) is 17.9 Å². The maximum atomic E-state index is 3.89. The summed E-state index contributed by atoms with van der Waals surface area (Å²) in [6.07, 6.45) is 9.89. The molecule has 2 nitrogen and oxygen atoms in total. The third-order valence-corrected chi connectivity index (χ3v) is 6.01. The van der Waals surface area contributed by atoms with Crippen molar-refractivity contribution in [2.75, 3.05) is 19.6 Å². The first-order valence-electron chi connectivity index (χ1n) is 9.02. The quantitative estimate of drug-likeness (QED) is 0.817. The van der Waals surface area contributed by atoms with Crippen LogP contribution in [0.5, 0.6) is 0 Å². The molecule has 118 valence electrons. The van der Waals surface area contributed by atoms with Crippen LogP contribution in [-0.2, 0) is 0 Å². The summed E-state index contributed by atoms with van der Waals surface area (Å²) in [6, 6.07) is 0.734. The normalized spacial score (nSPS) is 30.3. The first-order valence-corrected chi connectivity index (χ1v) is 9.02. The average Bonchev–Trinajstić information content (AvgIpc) is 2.46. The van der Waals surface area contributed by atoms with Crippen LogP contribution in [0.1, 0.15) is 72.6 Å². The molecule has 1 unspecified atom stereocenters. The molecule has 2 heterocycles. The van der Waals surface area contributed by atoms with E-state index >= 15 is 0 Å². The van der Waals surface area contributed by atoms with Crippen molar-refractivity contribution in [3.8, 4) is 0 Å². The predicted octanol–water partition coefficient (Wildman–Crippen LogP) is 4.06. The van der Waals surface area contributed by atoms with Crippen molar-refractivity contribution in [3.05, 3.63) is 0 Å². The maximum Gasteiger partial charge on any atom is 0.0204 e. The van der Waals surface area contributed by atoms with Gasteiger partial charge in [0, 0.05) is 11.6 Å². The summed E-state index contributed by atoms with van der Waals surface area (Å²) in [5.41, 5.74) is 0.452. The lowest BCUT2D eigenvalue weighted by Crippen LogP contribution is -2.52. The van der Waals surface area contributed by atoms with Gasteiger partial charge in [0.2, 0.25) is 0 Å². The van der Waals surface area contributed by atoms with Crippen molar-refractivity contribution in [1.82, 2.24) is 10.2 Å². The number of hydrogen-bond acceptors (Lipinski definition) is 2. The van der Waals surface area contributed by atoms with E-state index < -0.39 is 0 Å². The van der Waals surface area contributed by atoms with Gasteiger partial charge in [0.1, 0.15) is 0 Å². The number of likely N-dealkylation sites (tertiary alicyclic amines) is 1. The second-order valence-electron chi connectivity index (χ2n) is 7.81. The molecule has 20 heavy (non-hydrogen) atoms. The standard InChI is InChI=1S/C18H36N2/c1-15(2)18(10-5-6-12-19-18)11-7-17-8-13-20(14-9-17)16(3)4/h15-17,19H,5-14H2,1-4H3. The molecule has 0 aromatic heterocycles. The van der Waals surface area contributed by atoms with Gasteiger partial charge >= 0.3 is 0 Å². The predicted molar refractivity (Wildman–Crippen MR) is 88.1 cm³/mol. The molecular formula is C18H36N2. The number of rotatable bonds is 5. The van der Waals surface area contributed by atoms with Gasteiger partial charge in [-0.1, -0.05) is 20.3 Å². The molecule has 0 radical (unpaired) electrons. The monoisotopic (exact) mass is 280 g/mol. The Morgan fingerprint density at radius 1 is 1.10 bits per heavy atom. The van der Waals surface area contributed by atoms with Gasteiger partial charge in [-0.05, 0) is 83.8 Å². The average molecular weight is 281 g/mol. The fourth-order valence-corrected chi connectivity index (χ4v) is 4.21. The lowest BCUT2D eigenvalue weighted by atomic mass is 9.74. The zero-order valence-electron chi connectivity index (χ0n) is 14.3. The van der Waals surface area contributed by atoms with Gasteiger partial charge < -0.3 is 10.2 Å². The molecule has 2 fully saturated rings. The lowest BCUT2D eigenvalue weighted by molar-refractivity contribution is 0.119. The lowest BCUT2D eigenvalue weighted by Gasteiger charge is -2.44. The van der Waals surface area contributed by atoms with Gasteiger partial charge in [-0.15, -0.1) is 0 Å². The first-order chi connectivity index (χ1) is 9.53. The van der Waals surface area contributed by atoms with Gasteiger partial charge in [0.15, 0.2) is 0 Å². The summed E-state index contributed by atoms with van der Waals surface area (Å²) in [5, 5.41) is 3.89. The first kappa shape index (κ1) is 16.3. The molecule has 2 rings (SSSR count). The van der Waals surface area contributed by atoms with E-state index in [1.54, 1.807) is 0 Å². The van der Waals surface area contributed by atoms with Crippen LogP contribution in [0.3, 0.4) is 0 Å². The largest absolute Gasteiger partial charge is 0.311 e. The Balaban J connectivity index is 1.79. The summed E-state index contributed by atoms with van der Waals surface area (Å²) in [4.78, 5) is 2.65. The molecule has 1 N–H and O–H groups in total. The van der Waals surface area contributed by atoms with Crippen LogP contribution in [0.15, 0.2) is 0 Å². The van der Waals surface area contributed by atoms with E-state index in [1.165, 1.54) is 64.6 Å². The zero-order valence-corrected chi connectivity index (χ0v) is 14.3. The van der Waals surface area contributed by atoms with E-state index in [2.05, 4.69) is 37.9 Å². The van der Waals surface area contributed by atoms with Crippen molar-refractivity contribution >= 4 is 0 Å². The second kappa shape index (κ2) is 7.26.